The molecule has 6 heteroatoms. The molecule has 2 atom stereocenters. The van der Waals surface area contributed by atoms with Crippen molar-refractivity contribution in [3.8, 4) is 0 Å². The third-order valence-corrected chi connectivity index (χ3v) is 6.71. The molecule has 2 aromatic carbocycles. The van der Waals surface area contributed by atoms with E-state index in [2.05, 4.69) is 26.0 Å². The van der Waals surface area contributed by atoms with Gasteiger partial charge in [-0.1, -0.05) is 91.3 Å². The van der Waals surface area contributed by atoms with Crippen molar-refractivity contribution in [3.05, 3.63) is 70.7 Å². The van der Waals surface area contributed by atoms with Gasteiger partial charge in [-0.2, -0.15) is 0 Å². The van der Waals surface area contributed by atoms with Crippen LogP contribution in [0.3, 0.4) is 0 Å². The number of benzene rings is 2. The minimum Gasteiger partial charge on any atom is -0.274 e. The lowest BCUT2D eigenvalue weighted by atomic mass is 10.1. The van der Waals surface area contributed by atoms with Crippen LogP contribution in [-0.2, 0) is 5.75 Å². The summed E-state index contributed by atoms with van der Waals surface area (Å²) in [5.41, 5.74) is 2.68. The molecule has 0 unspecified atom stereocenters. The number of halogens is 2. The van der Waals surface area contributed by atoms with Crippen LogP contribution in [0.5, 0.6) is 0 Å². The zero-order chi connectivity index (χ0) is 19.9. The van der Waals surface area contributed by atoms with Crippen molar-refractivity contribution in [2.75, 3.05) is 0 Å². The minimum absolute atomic E-state index is 0.0261. The molecule has 1 aliphatic carbocycles. The Balaban J connectivity index is 1.69. The first-order valence-electron chi connectivity index (χ1n) is 9.11. The number of aromatic nitrogens is 2. The van der Waals surface area contributed by atoms with Crippen molar-refractivity contribution in [1.82, 2.24) is 9.55 Å². The number of allylic oxidation sites excluding steroid dienone is 1. The van der Waals surface area contributed by atoms with E-state index in [1.807, 2.05) is 42.5 Å². The van der Waals surface area contributed by atoms with Gasteiger partial charge in [0.05, 0.1) is 17.0 Å². The van der Waals surface area contributed by atoms with Crippen LogP contribution in [0.15, 0.2) is 70.3 Å². The number of para-hydroxylation sites is 2. The molecule has 0 spiro atoms. The van der Waals surface area contributed by atoms with Gasteiger partial charge in [0.2, 0.25) is 5.91 Å². The van der Waals surface area contributed by atoms with Crippen molar-refractivity contribution in [3.63, 3.8) is 0 Å². The maximum absolute atomic E-state index is 13.5. The monoisotopic (exact) mass is 430 g/mol. The number of nitrogens with zero attached hydrogens (tertiary/aromatic N) is 2. The second-order valence-corrected chi connectivity index (χ2v) is 9.56. The Labute approximate surface area is 178 Å². The van der Waals surface area contributed by atoms with Crippen molar-refractivity contribution >= 4 is 51.9 Å². The summed E-state index contributed by atoms with van der Waals surface area (Å²) in [6.07, 6.45) is 1.78. The minimum atomic E-state index is -0.182. The first-order chi connectivity index (χ1) is 13.4. The van der Waals surface area contributed by atoms with Crippen LogP contribution in [0.25, 0.3) is 11.0 Å². The van der Waals surface area contributed by atoms with E-state index >= 15 is 0 Å². The Bertz CT molecular complexity index is 1050. The quantitative estimate of drug-likeness (QED) is 0.429. The summed E-state index contributed by atoms with van der Waals surface area (Å²) in [5, 5.41) is 0.720. The van der Waals surface area contributed by atoms with E-state index in [9.17, 15) is 4.79 Å². The number of rotatable bonds is 5. The molecule has 0 bridgehead atoms. The lowest BCUT2D eigenvalue weighted by Crippen LogP contribution is -2.17. The molecule has 0 saturated heterocycles. The summed E-state index contributed by atoms with van der Waals surface area (Å²) >= 11 is 13.3. The molecule has 1 saturated carbocycles. The highest BCUT2D eigenvalue weighted by Gasteiger charge is 2.61. The van der Waals surface area contributed by atoms with Crippen LogP contribution < -0.4 is 0 Å². The largest absolute Gasteiger partial charge is 0.274 e. The van der Waals surface area contributed by atoms with Crippen LogP contribution in [0, 0.1) is 17.3 Å². The Morgan fingerprint density at radius 1 is 1.14 bits per heavy atom. The van der Waals surface area contributed by atoms with Gasteiger partial charge in [0.25, 0.3) is 0 Å². The predicted molar refractivity (Wildman–Crippen MR) is 117 cm³/mol. The van der Waals surface area contributed by atoms with Crippen LogP contribution in [0.4, 0.5) is 0 Å². The molecule has 144 valence electrons. The highest BCUT2D eigenvalue weighted by molar-refractivity contribution is 7.98. The number of hydrogen-bond donors (Lipinski definition) is 0. The van der Waals surface area contributed by atoms with E-state index in [1.165, 1.54) is 5.56 Å². The van der Waals surface area contributed by atoms with Crippen LogP contribution in [-0.4, -0.2) is 15.5 Å². The molecular formula is C22H20Cl2N2OS. The molecular weight excluding hydrogens is 411 g/mol. The van der Waals surface area contributed by atoms with E-state index in [-0.39, 0.29) is 27.6 Å². The molecule has 0 N–H and O–H groups in total. The van der Waals surface area contributed by atoms with E-state index in [0.29, 0.717) is 0 Å². The average Bonchev–Trinajstić information content (AvgIpc) is 3.03. The molecule has 0 amide bonds. The van der Waals surface area contributed by atoms with Crippen LogP contribution >= 0.6 is 35.0 Å². The van der Waals surface area contributed by atoms with Gasteiger partial charge in [0.15, 0.2) is 5.16 Å². The Morgan fingerprint density at radius 2 is 1.82 bits per heavy atom. The fraction of sp³-hybridized carbons (Fsp3) is 0.273. The van der Waals surface area contributed by atoms with Gasteiger partial charge in [-0.25, -0.2) is 4.98 Å². The molecule has 1 aliphatic rings. The van der Waals surface area contributed by atoms with E-state index in [1.54, 1.807) is 22.4 Å². The lowest BCUT2D eigenvalue weighted by molar-refractivity contribution is 0.0862. The Hall–Kier alpha value is -1.75. The van der Waals surface area contributed by atoms with E-state index in [4.69, 9.17) is 28.2 Å². The smallest absolute Gasteiger partial charge is 0.237 e. The number of imidazole rings is 1. The fourth-order valence-electron chi connectivity index (χ4n) is 3.77. The van der Waals surface area contributed by atoms with E-state index in [0.717, 1.165) is 21.9 Å². The molecule has 0 aliphatic heterocycles. The molecule has 0 radical (unpaired) electrons. The molecule has 1 heterocycles. The van der Waals surface area contributed by atoms with Crippen molar-refractivity contribution in [2.45, 2.75) is 24.8 Å². The maximum atomic E-state index is 13.5. The van der Waals surface area contributed by atoms with Gasteiger partial charge < -0.3 is 0 Å². The molecule has 28 heavy (non-hydrogen) atoms. The summed E-state index contributed by atoms with van der Waals surface area (Å²) in [7, 11) is 0. The summed E-state index contributed by atoms with van der Waals surface area (Å²) < 4.78 is 1.98. The number of hydrogen-bond acceptors (Lipinski definition) is 3. The SMILES string of the molecule is CC1(C)[C@@H](C=C(Cl)Cl)[C@@H]1C(=O)n1c(SCc2ccccc2)nc2ccccc21. The number of fused-ring (bicyclic) bond motifs is 1. The highest BCUT2D eigenvalue weighted by Crippen LogP contribution is 2.60. The second-order valence-electron chi connectivity index (χ2n) is 7.61. The lowest BCUT2D eigenvalue weighted by Gasteiger charge is -2.09. The summed E-state index contributed by atoms with van der Waals surface area (Å²) in [6, 6.07) is 18.0. The normalized spacial score (nSPS) is 20.1. The van der Waals surface area contributed by atoms with Crippen LogP contribution in [0.2, 0.25) is 0 Å². The van der Waals surface area contributed by atoms with Gasteiger partial charge in [0, 0.05) is 5.75 Å². The van der Waals surface area contributed by atoms with Crippen molar-refractivity contribution < 1.29 is 4.79 Å². The van der Waals surface area contributed by atoms with Gasteiger partial charge in [0.1, 0.15) is 4.49 Å². The second kappa shape index (κ2) is 7.58. The van der Waals surface area contributed by atoms with Gasteiger partial charge in [-0.3, -0.25) is 9.36 Å². The summed E-state index contributed by atoms with van der Waals surface area (Å²) in [5.74, 6) is 0.652. The van der Waals surface area contributed by atoms with Gasteiger partial charge in [-0.15, -0.1) is 0 Å². The maximum Gasteiger partial charge on any atom is 0.237 e. The number of thioether (sulfide) groups is 1. The van der Waals surface area contributed by atoms with Crippen molar-refractivity contribution in [2.24, 2.45) is 17.3 Å². The fourth-order valence-corrected chi connectivity index (χ4v) is 5.01. The average molecular weight is 431 g/mol. The number of carbonyl (C=O) groups excluding carboxylic acids is 1. The Kier molecular flexibility index (Phi) is 5.30. The number of carbonyl (C=O) groups is 1. The first-order valence-corrected chi connectivity index (χ1v) is 10.8. The molecule has 3 aromatic rings. The van der Waals surface area contributed by atoms with Crippen LogP contribution in [0.1, 0.15) is 24.2 Å². The summed E-state index contributed by atoms with van der Waals surface area (Å²) in [4.78, 5) is 18.2. The van der Waals surface area contributed by atoms with Gasteiger partial charge in [-0.05, 0) is 35.1 Å². The topological polar surface area (TPSA) is 34.9 Å². The standard InChI is InChI=1S/C22H20Cl2N2OS/c1-22(2)15(12-18(23)24)19(22)20(27)26-17-11-7-6-10-16(17)25-21(26)28-13-14-8-4-3-5-9-14/h3-12,15,19H,13H2,1-2H3/t15-,19+/m0/s1. The zero-order valence-corrected chi connectivity index (χ0v) is 17.9. The molecule has 3 nitrogen and oxygen atoms in total. The van der Waals surface area contributed by atoms with Gasteiger partial charge >= 0.3 is 0 Å². The zero-order valence-electron chi connectivity index (χ0n) is 15.6. The predicted octanol–water partition coefficient (Wildman–Crippen LogP) is 6.56. The first kappa shape index (κ1) is 19.6. The highest BCUT2D eigenvalue weighted by atomic mass is 35.5. The summed E-state index contributed by atoms with van der Waals surface area (Å²) in [6.45, 7) is 4.15. The third-order valence-electron chi connectivity index (χ3n) is 5.44. The third kappa shape index (κ3) is 3.61. The molecule has 1 aromatic heterocycles. The molecule has 1 fully saturated rings. The van der Waals surface area contributed by atoms with E-state index < -0.39 is 0 Å². The molecule has 4 rings (SSSR count). The Morgan fingerprint density at radius 3 is 2.54 bits per heavy atom. The van der Waals surface area contributed by atoms with Crippen molar-refractivity contribution in [1.29, 1.82) is 0 Å².